The van der Waals surface area contributed by atoms with Gasteiger partial charge in [0.2, 0.25) is 0 Å². The number of carboxylic acids is 1. The first-order chi connectivity index (χ1) is 8.98. The Balaban J connectivity index is 2.30. The Morgan fingerprint density at radius 1 is 1.79 bits per heavy atom. The van der Waals surface area contributed by atoms with Crippen LogP contribution in [0.15, 0.2) is 11.6 Å². The zero-order valence-corrected chi connectivity index (χ0v) is 11.8. The molecule has 1 saturated heterocycles. The highest BCUT2D eigenvalue weighted by molar-refractivity contribution is 7.09. The fraction of sp³-hybridized carbons (Fsp3) is 0.615. The summed E-state index contributed by atoms with van der Waals surface area (Å²) in [5, 5.41) is 24.6. The van der Waals surface area contributed by atoms with Crippen LogP contribution in [-0.2, 0) is 4.79 Å². The van der Waals surface area contributed by atoms with Crippen molar-refractivity contribution < 1.29 is 9.90 Å². The van der Waals surface area contributed by atoms with Gasteiger partial charge in [-0.25, -0.2) is 4.98 Å². The van der Waals surface area contributed by atoms with Crippen LogP contribution in [-0.4, -0.2) is 21.6 Å². The summed E-state index contributed by atoms with van der Waals surface area (Å²) in [5.41, 5.74) is -1.01. The Labute approximate surface area is 116 Å². The first-order valence-corrected chi connectivity index (χ1v) is 7.16. The molecule has 0 bridgehead atoms. The van der Waals surface area contributed by atoms with Gasteiger partial charge >= 0.3 is 5.97 Å². The lowest BCUT2D eigenvalue weighted by Crippen LogP contribution is -2.49. The Morgan fingerprint density at radius 3 is 3.00 bits per heavy atom. The van der Waals surface area contributed by atoms with Gasteiger partial charge in [0.25, 0.3) is 0 Å². The van der Waals surface area contributed by atoms with E-state index < -0.39 is 11.5 Å². The molecule has 1 aromatic rings. The van der Waals surface area contributed by atoms with Gasteiger partial charge in [0, 0.05) is 11.6 Å². The average Bonchev–Trinajstić information content (AvgIpc) is 2.94. The van der Waals surface area contributed by atoms with Crippen molar-refractivity contribution in [3.8, 4) is 6.07 Å². The summed E-state index contributed by atoms with van der Waals surface area (Å²) in [6.45, 7) is 3.98. The van der Waals surface area contributed by atoms with Gasteiger partial charge in [-0.3, -0.25) is 10.1 Å². The molecule has 0 spiro atoms. The molecule has 1 aliphatic rings. The molecule has 2 N–H and O–H groups in total. The summed E-state index contributed by atoms with van der Waals surface area (Å²) in [5.74, 6) is -0.973. The largest absolute Gasteiger partial charge is 0.480 e. The van der Waals surface area contributed by atoms with Crippen LogP contribution in [0, 0.1) is 23.2 Å². The smallest absolute Gasteiger partial charge is 0.323 e. The molecule has 1 aliphatic heterocycles. The molecule has 1 fully saturated rings. The Morgan fingerprint density at radius 2 is 2.53 bits per heavy atom. The lowest BCUT2D eigenvalue weighted by atomic mass is 9.85. The van der Waals surface area contributed by atoms with E-state index in [9.17, 15) is 15.2 Å². The molecule has 1 aromatic heterocycles. The number of nitrogens with zero attached hydrogens (tertiary/aromatic N) is 2. The summed E-state index contributed by atoms with van der Waals surface area (Å²) in [6, 6.07) is 1.95. The maximum absolute atomic E-state index is 11.6. The van der Waals surface area contributed by atoms with Crippen molar-refractivity contribution in [2.24, 2.45) is 11.8 Å². The summed E-state index contributed by atoms with van der Waals surface area (Å²) in [6.07, 6.45) is 2.53. The second-order valence-corrected chi connectivity index (χ2v) is 6.34. The molecule has 0 amide bonds. The average molecular weight is 279 g/mol. The zero-order chi connectivity index (χ0) is 14.0. The number of hydrogen-bond acceptors (Lipinski definition) is 5. The van der Waals surface area contributed by atoms with Gasteiger partial charge in [-0.1, -0.05) is 13.8 Å². The van der Waals surface area contributed by atoms with Gasteiger partial charge < -0.3 is 5.11 Å². The normalized spacial score (nSPS) is 30.4. The van der Waals surface area contributed by atoms with E-state index in [-0.39, 0.29) is 17.9 Å². The minimum Gasteiger partial charge on any atom is -0.480 e. The maximum atomic E-state index is 11.6. The number of nitrogens with one attached hydrogen (secondary N) is 1. The predicted molar refractivity (Wildman–Crippen MR) is 71.5 cm³/mol. The number of thiazole rings is 1. The number of nitriles is 1. The lowest BCUT2D eigenvalue weighted by molar-refractivity contribution is -0.145. The molecular weight excluding hydrogens is 262 g/mol. The molecule has 3 atom stereocenters. The van der Waals surface area contributed by atoms with Crippen LogP contribution in [0.5, 0.6) is 0 Å². The van der Waals surface area contributed by atoms with Crippen LogP contribution in [0.3, 0.4) is 0 Å². The monoisotopic (exact) mass is 279 g/mol. The molecular formula is C13H17N3O2S. The molecule has 0 aromatic carbocycles. The second-order valence-electron chi connectivity index (χ2n) is 5.42. The van der Waals surface area contributed by atoms with Gasteiger partial charge in [0.1, 0.15) is 10.5 Å². The minimum atomic E-state index is -1.01. The maximum Gasteiger partial charge on any atom is 0.323 e. The van der Waals surface area contributed by atoms with E-state index in [2.05, 4.69) is 16.4 Å². The standard InChI is InChI=1S/C13H17N3O2S/c1-8(2)5-13(12(17)18)6-9(7-14)10(16-13)11-15-3-4-19-11/h3-4,8-10,16H,5-6H2,1-2H3,(H,17,18)/t9-,10-,13+/m1/s1. The summed E-state index contributed by atoms with van der Waals surface area (Å²) in [7, 11) is 0. The van der Waals surface area contributed by atoms with E-state index in [1.807, 2.05) is 19.2 Å². The van der Waals surface area contributed by atoms with Gasteiger partial charge in [0.15, 0.2) is 0 Å². The van der Waals surface area contributed by atoms with Crippen molar-refractivity contribution in [1.29, 1.82) is 5.26 Å². The fourth-order valence-corrected chi connectivity index (χ4v) is 3.52. The van der Waals surface area contributed by atoms with Crippen molar-refractivity contribution in [1.82, 2.24) is 10.3 Å². The number of carbonyl (C=O) groups is 1. The fourth-order valence-electron chi connectivity index (χ4n) is 2.77. The molecule has 5 nitrogen and oxygen atoms in total. The Bertz CT molecular complexity index is 494. The van der Waals surface area contributed by atoms with Crippen molar-refractivity contribution in [3.05, 3.63) is 16.6 Å². The van der Waals surface area contributed by atoms with Crippen LogP contribution in [0.2, 0.25) is 0 Å². The molecule has 0 saturated carbocycles. The highest BCUT2D eigenvalue weighted by atomic mass is 32.1. The topological polar surface area (TPSA) is 86.0 Å². The van der Waals surface area contributed by atoms with E-state index in [0.717, 1.165) is 5.01 Å². The van der Waals surface area contributed by atoms with Gasteiger partial charge in [-0.15, -0.1) is 11.3 Å². The molecule has 0 aliphatic carbocycles. The first kappa shape index (κ1) is 14.0. The SMILES string of the molecule is CC(C)C[C@@]1(C(=O)O)C[C@H](C#N)[C@H](c2nccs2)N1. The van der Waals surface area contributed by atoms with Crippen molar-refractivity contribution in [3.63, 3.8) is 0 Å². The third-order valence-corrected chi connectivity index (χ3v) is 4.31. The first-order valence-electron chi connectivity index (χ1n) is 6.28. The van der Waals surface area contributed by atoms with Crippen LogP contribution < -0.4 is 5.32 Å². The number of aliphatic carboxylic acids is 1. The molecule has 0 radical (unpaired) electrons. The van der Waals surface area contributed by atoms with E-state index in [4.69, 9.17) is 0 Å². The van der Waals surface area contributed by atoms with Crippen LogP contribution in [0.1, 0.15) is 37.7 Å². The third-order valence-electron chi connectivity index (χ3n) is 3.45. The third kappa shape index (κ3) is 2.62. The number of hydrogen-bond donors (Lipinski definition) is 2. The number of carboxylic acid groups (broad SMARTS) is 1. The van der Waals surface area contributed by atoms with Crippen LogP contribution >= 0.6 is 11.3 Å². The van der Waals surface area contributed by atoms with Crippen LogP contribution in [0.25, 0.3) is 0 Å². The predicted octanol–water partition coefficient (Wildman–Crippen LogP) is 2.19. The van der Waals surface area contributed by atoms with E-state index >= 15 is 0 Å². The van der Waals surface area contributed by atoms with E-state index in [1.165, 1.54) is 11.3 Å². The van der Waals surface area contributed by atoms with Gasteiger partial charge in [-0.05, 0) is 18.8 Å². The molecule has 6 heteroatoms. The quantitative estimate of drug-likeness (QED) is 0.882. The van der Waals surface area contributed by atoms with Gasteiger partial charge in [0.05, 0.1) is 18.0 Å². The number of aromatic nitrogens is 1. The molecule has 0 unspecified atom stereocenters. The highest BCUT2D eigenvalue weighted by Crippen LogP contribution is 2.41. The summed E-state index contributed by atoms with van der Waals surface area (Å²) >= 11 is 1.45. The van der Waals surface area contributed by atoms with Gasteiger partial charge in [-0.2, -0.15) is 5.26 Å². The second kappa shape index (κ2) is 5.27. The minimum absolute atomic E-state index is 0.248. The van der Waals surface area contributed by atoms with Crippen LogP contribution in [0.4, 0.5) is 0 Å². The van der Waals surface area contributed by atoms with Crippen molar-refractivity contribution in [2.45, 2.75) is 38.3 Å². The zero-order valence-electron chi connectivity index (χ0n) is 11.0. The van der Waals surface area contributed by atoms with Crippen molar-refractivity contribution in [2.75, 3.05) is 0 Å². The van der Waals surface area contributed by atoms with E-state index in [0.29, 0.717) is 12.8 Å². The highest BCUT2D eigenvalue weighted by Gasteiger charge is 2.51. The molecule has 19 heavy (non-hydrogen) atoms. The lowest BCUT2D eigenvalue weighted by Gasteiger charge is -2.27. The van der Waals surface area contributed by atoms with E-state index in [1.54, 1.807) is 6.20 Å². The summed E-state index contributed by atoms with van der Waals surface area (Å²) < 4.78 is 0. The summed E-state index contributed by atoms with van der Waals surface area (Å²) in [4.78, 5) is 15.9. The Hall–Kier alpha value is -1.45. The Kier molecular flexibility index (Phi) is 3.88. The molecule has 2 rings (SSSR count). The molecule has 2 heterocycles. The molecule has 102 valence electrons. The number of rotatable bonds is 4. The van der Waals surface area contributed by atoms with Crippen molar-refractivity contribution >= 4 is 17.3 Å².